The van der Waals surface area contributed by atoms with Crippen LogP contribution in [0.15, 0.2) is 33.4 Å². The Labute approximate surface area is 169 Å². The van der Waals surface area contributed by atoms with Gasteiger partial charge in [0.05, 0.1) is 22.9 Å². The van der Waals surface area contributed by atoms with E-state index in [2.05, 4.69) is 15.5 Å². The fraction of sp³-hybridized carbons (Fsp3) is 0.500. The van der Waals surface area contributed by atoms with Crippen LogP contribution in [-0.4, -0.2) is 47.1 Å². The first kappa shape index (κ1) is 18.4. The van der Waals surface area contributed by atoms with Crippen molar-refractivity contribution < 1.29 is 13.7 Å². The summed E-state index contributed by atoms with van der Waals surface area (Å²) in [5.74, 6) is 2.12. The zero-order valence-electron chi connectivity index (χ0n) is 16.9. The Morgan fingerprint density at radius 1 is 1.24 bits per heavy atom. The molecule has 1 N–H and O–H groups in total. The van der Waals surface area contributed by atoms with E-state index >= 15 is 0 Å². The van der Waals surface area contributed by atoms with Gasteiger partial charge in [-0.3, -0.25) is 4.79 Å². The summed E-state index contributed by atoms with van der Waals surface area (Å²) in [5, 5.41) is 8.44. The molecule has 0 unspecified atom stereocenters. The summed E-state index contributed by atoms with van der Waals surface area (Å²) >= 11 is 0. The lowest BCUT2D eigenvalue weighted by Gasteiger charge is -2.21. The quantitative estimate of drug-likeness (QED) is 0.730. The third-order valence-corrected chi connectivity index (χ3v) is 6.33. The second-order valence-electron chi connectivity index (χ2n) is 8.48. The highest BCUT2D eigenvalue weighted by Crippen LogP contribution is 2.33. The van der Waals surface area contributed by atoms with Gasteiger partial charge in [-0.15, -0.1) is 0 Å². The topological polar surface area (TPSA) is 84.4 Å². The molecule has 2 atom stereocenters. The molecule has 3 aromatic heterocycles. The van der Waals surface area contributed by atoms with Crippen LogP contribution in [0.25, 0.3) is 22.6 Å². The molecule has 5 rings (SSSR count). The van der Waals surface area contributed by atoms with E-state index in [0.717, 1.165) is 50.1 Å². The number of nitrogens with zero attached hydrogens (tertiary/aromatic N) is 3. The molecule has 7 heteroatoms. The molecule has 2 fully saturated rings. The average molecular weight is 394 g/mol. The van der Waals surface area contributed by atoms with Crippen LogP contribution in [0.4, 0.5) is 0 Å². The van der Waals surface area contributed by atoms with Gasteiger partial charge in [-0.2, -0.15) is 0 Å². The number of likely N-dealkylation sites (tertiary alicyclic amines) is 1. The van der Waals surface area contributed by atoms with Gasteiger partial charge in [0.1, 0.15) is 5.69 Å². The largest absolute Gasteiger partial charge is 0.463 e. The maximum absolute atomic E-state index is 13.7. The molecule has 2 aliphatic rings. The normalized spacial score (nSPS) is 22.2. The molecule has 3 aromatic rings. The fourth-order valence-corrected chi connectivity index (χ4v) is 4.68. The van der Waals surface area contributed by atoms with E-state index in [-0.39, 0.29) is 11.8 Å². The molecule has 0 aliphatic carbocycles. The number of furan rings is 1. The summed E-state index contributed by atoms with van der Waals surface area (Å²) < 4.78 is 11.0. The third kappa shape index (κ3) is 3.23. The number of amides is 1. The maximum Gasteiger partial charge on any atom is 0.259 e. The minimum Gasteiger partial charge on any atom is -0.463 e. The van der Waals surface area contributed by atoms with Crippen LogP contribution < -0.4 is 5.32 Å². The van der Waals surface area contributed by atoms with Crippen molar-refractivity contribution in [3.8, 4) is 11.5 Å². The molecule has 0 spiro atoms. The number of hydrogen-bond donors (Lipinski definition) is 1. The molecule has 152 valence electrons. The number of pyridine rings is 1. The molecule has 0 aromatic carbocycles. The molecule has 0 bridgehead atoms. The average Bonchev–Trinajstić information content (AvgIpc) is 3.45. The van der Waals surface area contributed by atoms with Crippen molar-refractivity contribution in [1.82, 2.24) is 20.4 Å². The fourth-order valence-electron chi connectivity index (χ4n) is 4.68. The SMILES string of the molecule is CC(C)c1noc2nc(-c3ccco3)cc(C(=O)N3CC[C@@H]4CNC[C@@H]4CC3)c12. The van der Waals surface area contributed by atoms with Crippen LogP contribution in [0.1, 0.15) is 48.7 Å². The molecule has 1 amide bonds. The van der Waals surface area contributed by atoms with Crippen molar-refractivity contribution in [2.45, 2.75) is 32.6 Å². The lowest BCUT2D eigenvalue weighted by molar-refractivity contribution is 0.0760. The van der Waals surface area contributed by atoms with Crippen LogP contribution in [0.2, 0.25) is 0 Å². The zero-order valence-corrected chi connectivity index (χ0v) is 16.9. The first-order valence-corrected chi connectivity index (χ1v) is 10.5. The van der Waals surface area contributed by atoms with Gasteiger partial charge < -0.3 is 19.2 Å². The van der Waals surface area contributed by atoms with Crippen LogP contribution >= 0.6 is 0 Å². The number of rotatable bonds is 3. The summed E-state index contributed by atoms with van der Waals surface area (Å²) in [5.41, 5.74) is 2.37. The van der Waals surface area contributed by atoms with Gasteiger partial charge in [-0.25, -0.2) is 4.98 Å². The molecule has 2 aliphatic heterocycles. The van der Waals surface area contributed by atoms with Crippen molar-refractivity contribution in [3.05, 3.63) is 35.7 Å². The summed E-state index contributed by atoms with van der Waals surface area (Å²) in [6.07, 6.45) is 3.69. The lowest BCUT2D eigenvalue weighted by Crippen LogP contribution is -2.33. The second-order valence-corrected chi connectivity index (χ2v) is 8.48. The van der Waals surface area contributed by atoms with Crippen molar-refractivity contribution in [1.29, 1.82) is 0 Å². The van der Waals surface area contributed by atoms with E-state index < -0.39 is 0 Å². The van der Waals surface area contributed by atoms with E-state index in [0.29, 0.717) is 34.6 Å². The lowest BCUT2D eigenvalue weighted by atomic mass is 9.92. The van der Waals surface area contributed by atoms with Crippen molar-refractivity contribution >= 4 is 17.0 Å². The van der Waals surface area contributed by atoms with E-state index in [1.165, 1.54) is 0 Å². The zero-order chi connectivity index (χ0) is 20.0. The Hall–Kier alpha value is -2.67. The van der Waals surface area contributed by atoms with Crippen LogP contribution in [0.3, 0.4) is 0 Å². The first-order chi connectivity index (χ1) is 14.1. The standard InChI is InChI=1S/C22H26N4O3/c1-13(2)20-19-16(10-17(18-4-3-9-28-18)24-21(19)29-25-20)22(27)26-7-5-14-11-23-12-15(14)6-8-26/h3-4,9-10,13-15,23H,5-8,11-12H2,1-2H3/t14-,15+. The minimum absolute atomic E-state index is 0.0308. The highest BCUT2D eigenvalue weighted by Gasteiger charge is 2.33. The number of carbonyl (C=O) groups excluding carboxylic acids is 1. The van der Waals surface area contributed by atoms with Crippen molar-refractivity contribution in [2.75, 3.05) is 26.2 Å². The number of aromatic nitrogens is 2. The Morgan fingerprint density at radius 2 is 2.00 bits per heavy atom. The summed E-state index contributed by atoms with van der Waals surface area (Å²) in [7, 11) is 0. The van der Waals surface area contributed by atoms with Crippen LogP contribution in [-0.2, 0) is 0 Å². The summed E-state index contributed by atoms with van der Waals surface area (Å²) in [6.45, 7) is 7.79. The van der Waals surface area contributed by atoms with Crippen molar-refractivity contribution in [2.24, 2.45) is 11.8 Å². The number of fused-ring (bicyclic) bond motifs is 2. The molecule has 0 saturated carbocycles. The predicted octanol–water partition coefficient (Wildman–Crippen LogP) is 3.68. The van der Waals surface area contributed by atoms with Gasteiger partial charge in [0.2, 0.25) is 0 Å². The highest BCUT2D eigenvalue weighted by atomic mass is 16.5. The van der Waals surface area contributed by atoms with Gasteiger partial charge in [-0.05, 0) is 61.9 Å². The van der Waals surface area contributed by atoms with Gasteiger partial charge in [0.25, 0.3) is 11.6 Å². The molecular weight excluding hydrogens is 368 g/mol. The Balaban J connectivity index is 1.56. The Kier molecular flexibility index (Phi) is 4.62. The van der Waals surface area contributed by atoms with Crippen LogP contribution in [0, 0.1) is 11.8 Å². The molecular formula is C22H26N4O3. The van der Waals surface area contributed by atoms with Crippen LogP contribution in [0.5, 0.6) is 0 Å². The Bertz CT molecular complexity index is 1010. The highest BCUT2D eigenvalue weighted by molar-refractivity contribution is 6.07. The number of carbonyl (C=O) groups is 1. The van der Waals surface area contributed by atoms with Gasteiger partial charge in [0, 0.05) is 13.1 Å². The number of nitrogens with one attached hydrogen (secondary N) is 1. The smallest absolute Gasteiger partial charge is 0.259 e. The van der Waals surface area contributed by atoms with Gasteiger partial charge >= 0.3 is 0 Å². The van der Waals surface area contributed by atoms with E-state index in [1.807, 2.05) is 36.9 Å². The summed E-state index contributed by atoms with van der Waals surface area (Å²) in [4.78, 5) is 20.2. The molecule has 5 heterocycles. The molecule has 29 heavy (non-hydrogen) atoms. The first-order valence-electron chi connectivity index (χ1n) is 10.5. The second kappa shape index (κ2) is 7.30. The minimum atomic E-state index is 0.0308. The van der Waals surface area contributed by atoms with Gasteiger partial charge in [-0.1, -0.05) is 19.0 Å². The maximum atomic E-state index is 13.7. The monoisotopic (exact) mass is 394 g/mol. The molecule has 0 radical (unpaired) electrons. The van der Waals surface area contributed by atoms with E-state index in [4.69, 9.17) is 8.94 Å². The number of hydrogen-bond acceptors (Lipinski definition) is 6. The Morgan fingerprint density at radius 3 is 2.66 bits per heavy atom. The van der Waals surface area contributed by atoms with Crippen molar-refractivity contribution in [3.63, 3.8) is 0 Å². The molecule has 2 saturated heterocycles. The molecule has 7 nitrogen and oxygen atoms in total. The van der Waals surface area contributed by atoms with Gasteiger partial charge in [0.15, 0.2) is 5.76 Å². The predicted molar refractivity (Wildman–Crippen MR) is 109 cm³/mol. The van der Waals surface area contributed by atoms with E-state index in [9.17, 15) is 4.79 Å². The van der Waals surface area contributed by atoms with E-state index in [1.54, 1.807) is 6.26 Å². The third-order valence-electron chi connectivity index (χ3n) is 6.33. The summed E-state index contributed by atoms with van der Waals surface area (Å²) in [6, 6.07) is 5.48.